The first-order valence-corrected chi connectivity index (χ1v) is 11.5. The second kappa shape index (κ2) is 7.96. The molecule has 0 N–H and O–H groups in total. The van der Waals surface area contributed by atoms with E-state index in [0.717, 1.165) is 25.4 Å². The molecule has 2 aliphatic heterocycles. The van der Waals surface area contributed by atoms with Crippen LogP contribution in [0.25, 0.3) is 0 Å². The highest BCUT2D eigenvalue weighted by Gasteiger charge is 2.34. The van der Waals surface area contributed by atoms with Gasteiger partial charge in [0.15, 0.2) is 0 Å². The molecule has 0 radical (unpaired) electrons. The number of rotatable bonds is 4. The third kappa shape index (κ3) is 3.75. The van der Waals surface area contributed by atoms with Gasteiger partial charge in [-0.3, -0.25) is 10.1 Å². The van der Waals surface area contributed by atoms with E-state index in [0.29, 0.717) is 24.8 Å². The first-order valence-electron chi connectivity index (χ1n) is 10.1. The van der Waals surface area contributed by atoms with E-state index < -0.39 is 14.9 Å². The van der Waals surface area contributed by atoms with Crippen molar-refractivity contribution in [3.63, 3.8) is 0 Å². The number of morpholine rings is 1. The number of nitro benzene ring substituents is 1. The third-order valence-corrected chi connectivity index (χ3v) is 8.28. The van der Waals surface area contributed by atoms with E-state index in [1.165, 1.54) is 42.1 Å². The molecule has 8 nitrogen and oxygen atoms in total. The molecule has 154 valence electrons. The molecule has 1 aliphatic carbocycles. The van der Waals surface area contributed by atoms with Gasteiger partial charge in [-0.15, -0.1) is 0 Å². The largest absolute Gasteiger partial charge is 0.379 e. The number of hydrogen-bond donors (Lipinski definition) is 0. The van der Waals surface area contributed by atoms with E-state index in [9.17, 15) is 18.5 Å². The molecule has 9 heteroatoms. The summed E-state index contributed by atoms with van der Waals surface area (Å²) in [7, 11) is -3.75. The summed E-state index contributed by atoms with van der Waals surface area (Å²) in [6.45, 7) is 2.84. The predicted octanol–water partition coefficient (Wildman–Crippen LogP) is 2.63. The van der Waals surface area contributed by atoms with Crippen molar-refractivity contribution < 1.29 is 18.1 Å². The third-order valence-electron chi connectivity index (χ3n) is 6.38. The van der Waals surface area contributed by atoms with Crippen LogP contribution in [0.15, 0.2) is 23.1 Å². The van der Waals surface area contributed by atoms with Crippen molar-refractivity contribution in [1.82, 2.24) is 4.31 Å². The summed E-state index contributed by atoms with van der Waals surface area (Å²) < 4.78 is 32.3. The van der Waals surface area contributed by atoms with Crippen molar-refractivity contribution in [2.24, 2.45) is 11.8 Å². The molecule has 2 atom stereocenters. The van der Waals surface area contributed by atoms with E-state index in [1.807, 2.05) is 0 Å². The summed E-state index contributed by atoms with van der Waals surface area (Å²) in [4.78, 5) is 13.4. The first-order chi connectivity index (χ1) is 13.5. The molecule has 2 saturated heterocycles. The molecule has 0 amide bonds. The normalized spacial score (nSPS) is 26.6. The second-order valence-corrected chi connectivity index (χ2v) is 9.90. The number of ether oxygens (including phenoxy) is 1. The van der Waals surface area contributed by atoms with Crippen LogP contribution in [0, 0.1) is 22.0 Å². The van der Waals surface area contributed by atoms with Gasteiger partial charge < -0.3 is 9.64 Å². The van der Waals surface area contributed by atoms with Crippen LogP contribution in [0.2, 0.25) is 0 Å². The highest BCUT2D eigenvalue weighted by atomic mass is 32.2. The molecule has 0 unspecified atom stereocenters. The lowest BCUT2D eigenvalue weighted by molar-refractivity contribution is -0.384. The maximum atomic E-state index is 12.9. The van der Waals surface area contributed by atoms with Gasteiger partial charge in [0.05, 0.1) is 23.0 Å². The molecular weight excluding hydrogens is 382 g/mol. The van der Waals surface area contributed by atoms with Gasteiger partial charge in [-0.25, -0.2) is 8.42 Å². The fourth-order valence-corrected chi connectivity index (χ4v) is 6.26. The van der Waals surface area contributed by atoms with Gasteiger partial charge in [0.25, 0.3) is 5.69 Å². The topological polar surface area (TPSA) is 93.0 Å². The monoisotopic (exact) mass is 409 g/mol. The molecule has 4 rings (SSSR count). The number of hydrogen-bond acceptors (Lipinski definition) is 6. The molecule has 1 saturated carbocycles. The number of anilines is 1. The Bertz CT molecular complexity index is 838. The van der Waals surface area contributed by atoms with Crippen molar-refractivity contribution in [1.29, 1.82) is 0 Å². The van der Waals surface area contributed by atoms with Crippen LogP contribution >= 0.6 is 0 Å². The standard InChI is InChI=1S/C19H27N3O5S/c23-22(24)19-13-17(28(25,26)21-9-11-27-12-10-21)5-6-18(19)20-8-7-15-3-1-2-4-16(15)14-20/h5-6,13,15-16H,1-4,7-12,14H2/t15-,16+/m0/s1. The molecular formula is C19H27N3O5S. The Hall–Kier alpha value is -1.71. The number of piperidine rings is 1. The number of fused-ring (bicyclic) bond motifs is 1. The average molecular weight is 410 g/mol. The zero-order chi connectivity index (χ0) is 19.7. The minimum absolute atomic E-state index is 0.0163. The van der Waals surface area contributed by atoms with E-state index in [-0.39, 0.29) is 23.7 Å². The fraction of sp³-hybridized carbons (Fsp3) is 0.684. The molecule has 2 heterocycles. The van der Waals surface area contributed by atoms with Crippen molar-refractivity contribution in [3.05, 3.63) is 28.3 Å². The highest BCUT2D eigenvalue weighted by Crippen LogP contribution is 2.40. The van der Waals surface area contributed by atoms with E-state index >= 15 is 0 Å². The number of nitro groups is 1. The SMILES string of the molecule is O=[N+]([O-])c1cc(S(=O)(=O)N2CCOCC2)ccc1N1CC[C@@H]2CCCC[C@@H]2C1. The number of benzene rings is 1. The molecule has 0 aromatic heterocycles. The minimum Gasteiger partial charge on any atom is -0.379 e. The maximum absolute atomic E-state index is 12.9. The summed E-state index contributed by atoms with van der Waals surface area (Å²) in [6.07, 6.45) is 6.01. The van der Waals surface area contributed by atoms with Crippen molar-refractivity contribution in [2.75, 3.05) is 44.3 Å². The lowest BCUT2D eigenvalue weighted by Gasteiger charge is -2.42. The Morgan fingerprint density at radius 1 is 1.04 bits per heavy atom. The van der Waals surface area contributed by atoms with Crippen LogP contribution in [0.1, 0.15) is 32.1 Å². The van der Waals surface area contributed by atoms with Gasteiger partial charge in [-0.05, 0) is 36.8 Å². The molecule has 3 aliphatic rings. The molecule has 3 fully saturated rings. The van der Waals surface area contributed by atoms with Crippen LogP contribution < -0.4 is 4.90 Å². The van der Waals surface area contributed by atoms with Crippen molar-refractivity contribution in [2.45, 2.75) is 37.0 Å². The Morgan fingerprint density at radius 3 is 2.46 bits per heavy atom. The van der Waals surface area contributed by atoms with Crippen LogP contribution in [0.3, 0.4) is 0 Å². The van der Waals surface area contributed by atoms with Gasteiger partial charge in [-0.2, -0.15) is 4.31 Å². The molecule has 0 spiro atoms. The zero-order valence-electron chi connectivity index (χ0n) is 16.0. The summed E-state index contributed by atoms with van der Waals surface area (Å²) in [5.41, 5.74) is 0.415. The Labute approximate surface area is 165 Å². The smallest absolute Gasteiger partial charge is 0.293 e. The lowest BCUT2D eigenvalue weighted by atomic mass is 9.75. The first kappa shape index (κ1) is 19.6. The Kier molecular flexibility index (Phi) is 5.57. The van der Waals surface area contributed by atoms with E-state index in [2.05, 4.69) is 4.90 Å². The van der Waals surface area contributed by atoms with Crippen LogP contribution in [0.4, 0.5) is 11.4 Å². The Morgan fingerprint density at radius 2 is 1.75 bits per heavy atom. The molecule has 1 aromatic rings. The summed E-state index contributed by atoms with van der Waals surface area (Å²) >= 11 is 0. The summed E-state index contributed by atoms with van der Waals surface area (Å²) in [5, 5.41) is 11.8. The number of nitrogens with zero attached hydrogens (tertiary/aromatic N) is 3. The van der Waals surface area contributed by atoms with Gasteiger partial charge in [0.1, 0.15) is 5.69 Å². The average Bonchev–Trinajstić information content (AvgIpc) is 2.73. The second-order valence-electron chi connectivity index (χ2n) is 7.96. The minimum atomic E-state index is -3.75. The Balaban J connectivity index is 1.61. The van der Waals surface area contributed by atoms with E-state index in [1.54, 1.807) is 6.07 Å². The fourth-order valence-electron chi connectivity index (χ4n) is 4.83. The van der Waals surface area contributed by atoms with Gasteiger partial charge >= 0.3 is 0 Å². The maximum Gasteiger partial charge on any atom is 0.293 e. The zero-order valence-corrected chi connectivity index (χ0v) is 16.8. The quantitative estimate of drug-likeness (QED) is 0.561. The van der Waals surface area contributed by atoms with Crippen molar-refractivity contribution >= 4 is 21.4 Å². The van der Waals surface area contributed by atoms with Crippen LogP contribution in [-0.4, -0.2) is 57.0 Å². The molecule has 0 bridgehead atoms. The lowest BCUT2D eigenvalue weighted by Crippen LogP contribution is -2.42. The van der Waals surface area contributed by atoms with Gasteiger partial charge in [0, 0.05) is 32.2 Å². The highest BCUT2D eigenvalue weighted by molar-refractivity contribution is 7.89. The predicted molar refractivity (Wildman–Crippen MR) is 105 cm³/mol. The number of sulfonamides is 1. The molecule has 28 heavy (non-hydrogen) atoms. The van der Waals surface area contributed by atoms with Crippen molar-refractivity contribution in [3.8, 4) is 0 Å². The summed E-state index contributed by atoms with van der Waals surface area (Å²) in [6, 6.07) is 4.36. The van der Waals surface area contributed by atoms with Crippen LogP contribution in [-0.2, 0) is 14.8 Å². The van der Waals surface area contributed by atoms with Crippen LogP contribution in [0.5, 0.6) is 0 Å². The summed E-state index contributed by atoms with van der Waals surface area (Å²) in [5.74, 6) is 1.31. The van der Waals surface area contributed by atoms with E-state index in [4.69, 9.17) is 4.74 Å². The van der Waals surface area contributed by atoms with Gasteiger partial charge in [-0.1, -0.05) is 19.3 Å². The molecule has 1 aromatic carbocycles. The van der Waals surface area contributed by atoms with Gasteiger partial charge in [0.2, 0.25) is 10.0 Å².